The number of methoxy groups -OCH3 is 1. The molecular weight excluding hydrogens is 392 g/mol. The van der Waals surface area contributed by atoms with Crippen LogP contribution in [0.4, 0.5) is 5.69 Å². The predicted octanol–water partition coefficient (Wildman–Crippen LogP) is 3.52. The highest BCUT2D eigenvalue weighted by molar-refractivity contribution is 9.10. The van der Waals surface area contributed by atoms with E-state index in [1.54, 1.807) is 7.05 Å². The molecule has 0 aromatic heterocycles. The highest BCUT2D eigenvalue weighted by Crippen LogP contribution is 2.27. The summed E-state index contributed by atoms with van der Waals surface area (Å²) in [6.45, 7) is 0.650. The van der Waals surface area contributed by atoms with Gasteiger partial charge in [-0.3, -0.25) is 14.9 Å². The molecule has 2 aromatic carbocycles. The van der Waals surface area contributed by atoms with E-state index in [9.17, 15) is 14.9 Å². The average molecular weight is 409 g/mol. The Morgan fingerprint density at radius 2 is 1.92 bits per heavy atom. The molecule has 0 saturated heterocycles. The maximum Gasteiger partial charge on any atom is 0.311 e. The Morgan fingerprint density at radius 1 is 1.24 bits per heavy atom. The maximum atomic E-state index is 12.4. The van der Waals surface area contributed by atoms with Crippen molar-refractivity contribution in [2.75, 3.05) is 27.3 Å². The molecule has 25 heavy (non-hydrogen) atoms. The molecule has 2 rings (SSSR count). The molecule has 8 heteroatoms. The summed E-state index contributed by atoms with van der Waals surface area (Å²) in [5.41, 5.74) is -0.0218. The Morgan fingerprint density at radius 3 is 2.52 bits per heavy atom. The number of amides is 1. The molecule has 0 atom stereocenters. The van der Waals surface area contributed by atoms with Gasteiger partial charge in [-0.2, -0.15) is 0 Å². The fourth-order valence-corrected chi connectivity index (χ4v) is 2.38. The number of ether oxygens (including phenoxy) is 2. The van der Waals surface area contributed by atoms with Crippen molar-refractivity contribution in [3.8, 4) is 11.5 Å². The van der Waals surface area contributed by atoms with Gasteiger partial charge in [-0.1, -0.05) is 15.9 Å². The van der Waals surface area contributed by atoms with Gasteiger partial charge in [0, 0.05) is 23.2 Å². The van der Waals surface area contributed by atoms with Crippen molar-refractivity contribution in [2.24, 2.45) is 0 Å². The van der Waals surface area contributed by atoms with Gasteiger partial charge in [0.15, 0.2) is 5.75 Å². The van der Waals surface area contributed by atoms with Crippen molar-refractivity contribution in [2.45, 2.75) is 0 Å². The van der Waals surface area contributed by atoms with Crippen LogP contribution in [-0.2, 0) is 0 Å². The molecule has 0 aliphatic rings. The van der Waals surface area contributed by atoms with Gasteiger partial charge in [-0.15, -0.1) is 0 Å². The SMILES string of the molecule is COc1ccc(C(=O)N(C)CCOc2ccc(Br)cc2)cc1[N+](=O)[O-]. The van der Waals surface area contributed by atoms with E-state index in [1.807, 2.05) is 24.3 Å². The molecule has 2 aromatic rings. The Hall–Kier alpha value is -2.61. The number of nitro groups is 1. The van der Waals surface area contributed by atoms with E-state index in [0.29, 0.717) is 18.9 Å². The molecule has 0 bridgehead atoms. The number of nitro benzene ring substituents is 1. The minimum Gasteiger partial charge on any atom is -0.492 e. The highest BCUT2D eigenvalue weighted by Gasteiger charge is 2.20. The van der Waals surface area contributed by atoms with Gasteiger partial charge in [0.05, 0.1) is 18.6 Å². The predicted molar refractivity (Wildman–Crippen MR) is 96.2 cm³/mol. The smallest absolute Gasteiger partial charge is 0.311 e. The molecule has 0 N–H and O–H groups in total. The summed E-state index contributed by atoms with van der Waals surface area (Å²) in [7, 11) is 2.96. The summed E-state index contributed by atoms with van der Waals surface area (Å²) in [6.07, 6.45) is 0. The second-order valence-corrected chi connectivity index (χ2v) is 6.09. The quantitative estimate of drug-likeness (QED) is 0.516. The summed E-state index contributed by atoms with van der Waals surface area (Å²) in [6, 6.07) is 11.5. The van der Waals surface area contributed by atoms with Crippen LogP contribution < -0.4 is 9.47 Å². The van der Waals surface area contributed by atoms with Crippen molar-refractivity contribution in [3.63, 3.8) is 0 Å². The average Bonchev–Trinajstić information content (AvgIpc) is 2.62. The van der Waals surface area contributed by atoms with Gasteiger partial charge in [-0.05, 0) is 36.4 Å². The number of carbonyl (C=O) groups excluding carboxylic acids is 1. The first-order valence-corrected chi connectivity index (χ1v) is 8.18. The monoisotopic (exact) mass is 408 g/mol. The van der Waals surface area contributed by atoms with Crippen molar-refractivity contribution < 1.29 is 19.2 Å². The number of rotatable bonds is 7. The molecule has 132 valence electrons. The van der Waals surface area contributed by atoms with E-state index in [-0.39, 0.29) is 22.9 Å². The molecule has 0 unspecified atom stereocenters. The van der Waals surface area contributed by atoms with E-state index in [4.69, 9.17) is 9.47 Å². The summed E-state index contributed by atoms with van der Waals surface area (Å²) in [5.74, 6) is 0.483. The van der Waals surface area contributed by atoms with Crippen LogP contribution in [0.5, 0.6) is 11.5 Å². The van der Waals surface area contributed by atoms with Crippen LogP contribution in [0.15, 0.2) is 46.9 Å². The van der Waals surface area contributed by atoms with E-state index < -0.39 is 4.92 Å². The van der Waals surface area contributed by atoms with Crippen molar-refractivity contribution in [1.29, 1.82) is 0 Å². The largest absolute Gasteiger partial charge is 0.492 e. The lowest BCUT2D eigenvalue weighted by Gasteiger charge is -2.17. The third-order valence-electron chi connectivity index (χ3n) is 3.48. The second kappa shape index (κ2) is 8.48. The number of carbonyl (C=O) groups is 1. The van der Waals surface area contributed by atoms with E-state index in [2.05, 4.69) is 15.9 Å². The lowest BCUT2D eigenvalue weighted by molar-refractivity contribution is -0.385. The number of hydrogen-bond acceptors (Lipinski definition) is 5. The second-order valence-electron chi connectivity index (χ2n) is 5.17. The van der Waals surface area contributed by atoms with E-state index in [1.165, 1.54) is 30.2 Å². The Bertz CT molecular complexity index is 764. The zero-order valence-electron chi connectivity index (χ0n) is 13.8. The third-order valence-corrected chi connectivity index (χ3v) is 4.01. The first kappa shape index (κ1) is 18.7. The molecule has 0 aliphatic carbocycles. The summed E-state index contributed by atoms with van der Waals surface area (Å²) >= 11 is 3.34. The Kier molecular flexibility index (Phi) is 6.35. The lowest BCUT2D eigenvalue weighted by Crippen LogP contribution is -2.30. The van der Waals surface area contributed by atoms with Crippen molar-refractivity contribution in [3.05, 3.63) is 62.6 Å². The van der Waals surface area contributed by atoms with Crippen LogP contribution in [0.3, 0.4) is 0 Å². The number of benzene rings is 2. The van der Waals surface area contributed by atoms with Gasteiger partial charge in [-0.25, -0.2) is 0 Å². The molecule has 0 heterocycles. The number of nitrogens with zero attached hydrogens (tertiary/aromatic N) is 2. The zero-order valence-corrected chi connectivity index (χ0v) is 15.4. The van der Waals surface area contributed by atoms with Crippen molar-refractivity contribution in [1.82, 2.24) is 4.90 Å². The van der Waals surface area contributed by atoms with Crippen LogP contribution in [0.2, 0.25) is 0 Å². The molecule has 0 saturated carbocycles. The molecule has 1 amide bonds. The van der Waals surface area contributed by atoms with Gasteiger partial charge < -0.3 is 14.4 Å². The fraction of sp³-hybridized carbons (Fsp3) is 0.235. The highest BCUT2D eigenvalue weighted by atomic mass is 79.9. The van der Waals surface area contributed by atoms with Gasteiger partial charge in [0.25, 0.3) is 5.91 Å². The fourth-order valence-electron chi connectivity index (χ4n) is 2.12. The van der Waals surface area contributed by atoms with Gasteiger partial charge >= 0.3 is 5.69 Å². The molecule has 0 radical (unpaired) electrons. The van der Waals surface area contributed by atoms with Crippen molar-refractivity contribution >= 4 is 27.5 Å². The molecule has 0 spiro atoms. The molecule has 0 fully saturated rings. The Balaban J connectivity index is 1.98. The minimum atomic E-state index is -0.577. The summed E-state index contributed by atoms with van der Waals surface area (Å²) in [4.78, 5) is 24.3. The summed E-state index contributed by atoms with van der Waals surface area (Å²) < 4.78 is 11.5. The zero-order chi connectivity index (χ0) is 18.4. The van der Waals surface area contributed by atoms with Gasteiger partial charge in [0.1, 0.15) is 12.4 Å². The van der Waals surface area contributed by atoms with Crippen LogP contribution in [0, 0.1) is 10.1 Å². The van der Waals surface area contributed by atoms with E-state index >= 15 is 0 Å². The topological polar surface area (TPSA) is 81.9 Å². The minimum absolute atomic E-state index is 0.114. The third kappa shape index (κ3) is 4.93. The normalized spacial score (nSPS) is 10.2. The maximum absolute atomic E-state index is 12.4. The number of likely N-dealkylation sites (N-methyl/N-ethyl adjacent to an activating group) is 1. The Labute approximate surface area is 153 Å². The number of halogens is 1. The van der Waals surface area contributed by atoms with Crippen LogP contribution in [-0.4, -0.2) is 43.0 Å². The van der Waals surface area contributed by atoms with E-state index in [0.717, 1.165) is 4.47 Å². The van der Waals surface area contributed by atoms with Crippen LogP contribution >= 0.6 is 15.9 Å². The molecular formula is C17H17BrN2O5. The molecule has 0 aliphatic heterocycles. The van der Waals surface area contributed by atoms with Crippen LogP contribution in [0.1, 0.15) is 10.4 Å². The standard InChI is InChI=1S/C17H17BrN2O5/c1-19(9-10-25-14-6-4-13(18)5-7-14)17(21)12-3-8-16(24-2)15(11-12)20(22)23/h3-8,11H,9-10H2,1-2H3. The lowest BCUT2D eigenvalue weighted by atomic mass is 10.1. The first-order chi connectivity index (χ1) is 11.9. The summed E-state index contributed by atoms with van der Waals surface area (Å²) in [5, 5.41) is 11.1. The van der Waals surface area contributed by atoms with Crippen LogP contribution in [0.25, 0.3) is 0 Å². The van der Waals surface area contributed by atoms with Gasteiger partial charge in [0.2, 0.25) is 0 Å². The number of hydrogen-bond donors (Lipinski definition) is 0. The first-order valence-electron chi connectivity index (χ1n) is 7.38. The molecule has 7 nitrogen and oxygen atoms in total.